The fraction of sp³-hybridized carbons (Fsp3) is 0.458. The summed E-state index contributed by atoms with van der Waals surface area (Å²) in [5.41, 5.74) is 0.105. The molecule has 2 aromatic rings. The van der Waals surface area contributed by atoms with Crippen molar-refractivity contribution in [3.8, 4) is 0 Å². The molecule has 0 saturated heterocycles. The highest BCUT2D eigenvalue weighted by Crippen LogP contribution is 2.53. The quantitative estimate of drug-likeness (QED) is 0.517. The summed E-state index contributed by atoms with van der Waals surface area (Å²) < 4.78 is 5.22. The average Bonchev–Trinajstić information content (AvgIpc) is 2.66. The summed E-state index contributed by atoms with van der Waals surface area (Å²) in [6.45, 7) is 10.7. The fourth-order valence-electron chi connectivity index (χ4n) is 4.99. The average molecular weight is 381 g/mol. The predicted molar refractivity (Wildman–Crippen MR) is 115 cm³/mol. The lowest BCUT2D eigenvalue weighted by Gasteiger charge is -2.53. The van der Waals surface area contributed by atoms with Crippen LogP contribution in [0.4, 0.5) is 0 Å². The second-order valence-electron chi connectivity index (χ2n) is 9.39. The molecule has 27 heavy (non-hydrogen) atoms. The zero-order chi connectivity index (χ0) is 19.5. The van der Waals surface area contributed by atoms with Gasteiger partial charge in [0.05, 0.1) is 6.61 Å². The molecule has 0 amide bonds. The van der Waals surface area contributed by atoms with Crippen molar-refractivity contribution in [3.05, 3.63) is 60.7 Å². The molecule has 2 nitrogen and oxygen atoms in total. The van der Waals surface area contributed by atoms with Crippen LogP contribution in [0, 0.1) is 11.3 Å². The maximum atomic E-state index is 10.8. The van der Waals surface area contributed by atoms with E-state index in [0.717, 1.165) is 6.42 Å². The first kappa shape index (κ1) is 19.9. The Labute approximate surface area is 165 Å². The van der Waals surface area contributed by atoms with Crippen LogP contribution in [-0.4, -0.2) is 21.2 Å². The molecular formula is C24H32O2Si. The fourth-order valence-corrected chi connectivity index (χ4v) is 11.1. The smallest absolute Gasteiger partial charge is 0.293 e. The van der Waals surface area contributed by atoms with Crippen LogP contribution in [0.25, 0.3) is 0 Å². The van der Waals surface area contributed by atoms with Gasteiger partial charge in [0.2, 0.25) is 0 Å². The first-order valence-electron chi connectivity index (χ1n) is 10.00. The van der Waals surface area contributed by atoms with E-state index in [1.807, 2.05) is 0 Å². The molecule has 144 valence electrons. The standard InChI is InChI=1S/C24H32O2Si/c1-23(2,3)27(21-11-7-5-8-12-21,22-13-9-6-10-14-22)17-20-15-16-24(20,4)18-26-19-25/h5-14,19-20H,15-18H2,1-4H3/t20-,24-/m0/s1. The highest BCUT2D eigenvalue weighted by atomic mass is 28.3. The molecule has 0 radical (unpaired) electrons. The van der Waals surface area contributed by atoms with Gasteiger partial charge in [0.15, 0.2) is 0 Å². The summed E-state index contributed by atoms with van der Waals surface area (Å²) in [4.78, 5) is 10.8. The minimum atomic E-state index is -2.05. The lowest BCUT2D eigenvalue weighted by molar-refractivity contribution is -0.136. The van der Waals surface area contributed by atoms with E-state index in [2.05, 4.69) is 88.4 Å². The Bertz CT molecular complexity index is 711. The van der Waals surface area contributed by atoms with Gasteiger partial charge >= 0.3 is 0 Å². The molecule has 0 N–H and O–H groups in total. The summed E-state index contributed by atoms with van der Waals surface area (Å²) in [7, 11) is -2.05. The second-order valence-corrected chi connectivity index (χ2v) is 14.3. The lowest BCUT2D eigenvalue weighted by Crippen LogP contribution is -2.66. The van der Waals surface area contributed by atoms with Gasteiger partial charge < -0.3 is 4.74 Å². The summed E-state index contributed by atoms with van der Waals surface area (Å²) in [6.07, 6.45) is 2.37. The van der Waals surface area contributed by atoms with Crippen molar-refractivity contribution in [2.75, 3.05) is 6.61 Å². The normalized spacial score (nSPS) is 22.7. The third kappa shape index (κ3) is 3.62. The minimum Gasteiger partial charge on any atom is -0.467 e. The Hall–Kier alpha value is -1.87. The maximum Gasteiger partial charge on any atom is 0.293 e. The summed E-state index contributed by atoms with van der Waals surface area (Å²) in [5.74, 6) is 0.587. The molecule has 3 heteroatoms. The molecule has 1 aliphatic rings. The van der Waals surface area contributed by atoms with E-state index in [4.69, 9.17) is 4.74 Å². The Balaban J connectivity index is 2.09. The Kier molecular flexibility index (Phi) is 5.62. The Morgan fingerprint density at radius 2 is 1.56 bits per heavy atom. The molecule has 0 heterocycles. The van der Waals surface area contributed by atoms with Gasteiger partial charge in [-0.05, 0) is 29.8 Å². The molecule has 2 aromatic carbocycles. The molecule has 0 aromatic heterocycles. The number of carbonyl (C=O) groups excluding carboxylic acids is 1. The van der Waals surface area contributed by atoms with Gasteiger partial charge in [-0.2, -0.15) is 0 Å². The van der Waals surface area contributed by atoms with E-state index in [1.165, 1.54) is 22.8 Å². The number of ether oxygens (including phenoxy) is 1. The SMILES string of the molecule is CC(C)(C)[Si](C[C@@H]1CC[C@@]1(C)COC=O)(c1ccccc1)c1ccccc1. The zero-order valence-electron chi connectivity index (χ0n) is 17.1. The van der Waals surface area contributed by atoms with Crippen molar-refractivity contribution in [2.24, 2.45) is 11.3 Å². The molecule has 0 aliphatic heterocycles. The van der Waals surface area contributed by atoms with E-state index >= 15 is 0 Å². The van der Waals surface area contributed by atoms with Crippen LogP contribution >= 0.6 is 0 Å². The van der Waals surface area contributed by atoms with Gasteiger partial charge in [-0.15, -0.1) is 0 Å². The second kappa shape index (κ2) is 7.63. The summed E-state index contributed by atoms with van der Waals surface area (Å²) in [6, 6.07) is 23.5. The van der Waals surface area contributed by atoms with Crippen LogP contribution < -0.4 is 10.4 Å². The molecule has 1 fully saturated rings. The van der Waals surface area contributed by atoms with E-state index in [9.17, 15) is 4.79 Å². The molecule has 1 saturated carbocycles. The van der Waals surface area contributed by atoms with Crippen molar-refractivity contribution in [1.82, 2.24) is 0 Å². The van der Waals surface area contributed by atoms with E-state index < -0.39 is 8.07 Å². The first-order chi connectivity index (χ1) is 12.8. The highest BCUT2D eigenvalue weighted by Gasteiger charge is 2.53. The van der Waals surface area contributed by atoms with Crippen molar-refractivity contribution >= 4 is 24.9 Å². The van der Waals surface area contributed by atoms with Gasteiger partial charge in [-0.1, -0.05) is 98.7 Å². The summed E-state index contributed by atoms with van der Waals surface area (Å²) in [5, 5.41) is 3.20. The predicted octanol–water partition coefficient (Wildman–Crippen LogP) is 4.64. The highest BCUT2D eigenvalue weighted by molar-refractivity contribution is 7.04. The largest absolute Gasteiger partial charge is 0.467 e. The van der Waals surface area contributed by atoms with Crippen molar-refractivity contribution in [3.63, 3.8) is 0 Å². The van der Waals surface area contributed by atoms with Gasteiger partial charge in [-0.25, -0.2) is 0 Å². The number of hydrogen-bond acceptors (Lipinski definition) is 2. The van der Waals surface area contributed by atoms with Gasteiger partial charge in [-0.3, -0.25) is 4.79 Å². The number of carbonyl (C=O) groups is 1. The molecular weight excluding hydrogens is 348 g/mol. The molecule has 1 aliphatic carbocycles. The van der Waals surface area contributed by atoms with Crippen molar-refractivity contribution in [1.29, 1.82) is 0 Å². The van der Waals surface area contributed by atoms with E-state index in [0.29, 0.717) is 19.0 Å². The maximum absolute atomic E-state index is 10.8. The first-order valence-corrected chi connectivity index (χ1v) is 12.2. The molecule has 2 atom stereocenters. The van der Waals surface area contributed by atoms with E-state index in [1.54, 1.807) is 0 Å². The Morgan fingerprint density at radius 3 is 1.93 bits per heavy atom. The van der Waals surface area contributed by atoms with Crippen LogP contribution in [0.3, 0.4) is 0 Å². The zero-order valence-corrected chi connectivity index (χ0v) is 18.1. The van der Waals surface area contributed by atoms with E-state index in [-0.39, 0.29) is 10.5 Å². The molecule has 0 spiro atoms. The van der Waals surface area contributed by atoms with Crippen LogP contribution in [0.2, 0.25) is 11.1 Å². The summed E-state index contributed by atoms with van der Waals surface area (Å²) >= 11 is 0. The van der Waals surface area contributed by atoms with Crippen LogP contribution in [0.1, 0.15) is 40.5 Å². The third-order valence-electron chi connectivity index (χ3n) is 6.90. The lowest BCUT2D eigenvalue weighted by atomic mass is 9.62. The number of rotatable bonds is 7. The van der Waals surface area contributed by atoms with Gasteiger partial charge in [0.25, 0.3) is 6.47 Å². The molecule has 3 rings (SSSR count). The van der Waals surface area contributed by atoms with Crippen molar-refractivity contribution in [2.45, 2.75) is 51.6 Å². The number of benzene rings is 2. The third-order valence-corrected chi connectivity index (χ3v) is 13.2. The molecule has 0 bridgehead atoms. The van der Waals surface area contributed by atoms with Crippen LogP contribution in [0.5, 0.6) is 0 Å². The Morgan fingerprint density at radius 1 is 1.04 bits per heavy atom. The monoisotopic (exact) mass is 380 g/mol. The van der Waals surface area contributed by atoms with Crippen molar-refractivity contribution < 1.29 is 9.53 Å². The van der Waals surface area contributed by atoms with Crippen LogP contribution in [0.15, 0.2) is 60.7 Å². The molecule has 0 unspecified atom stereocenters. The van der Waals surface area contributed by atoms with Gasteiger partial charge in [0.1, 0.15) is 8.07 Å². The van der Waals surface area contributed by atoms with Crippen LogP contribution in [-0.2, 0) is 9.53 Å². The topological polar surface area (TPSA) is 26.3 Å². The number of hydrogen-bond donors (Lipinski definition) is 0. The minimum absolute atomic E-state index is 0.105. The van der Waals surface area contributed by atoms with Gasteiger partial charge in [0, 0.05) is 5.41 Å².